The molecule has 118 valence electrons. The van der Waals surface area contributed by atoms with Crippen molar-refractivity contribution in [2.75, 3.05) is 0 Å². The van der Waals surface area contributed by atoms with Gasteiger partial charge in [-0.25, -0.2) is 8.42 Å². The minimum Gasteiger partial charge on any atom is -0.490 e. The molecule has 5 heteroatoms. The monoisotopic (exact) mass is 330 g/mol. The summed E-state index contributed by atoms with van der Waals surface area (Å²) in [6, 6.07) is 3.28. The molecule has 0 saturated heterocycles. The summed E-state index contributed by atoms with van der Waals surface area (Å²) in [4.78, 5) is 0.171. The van der Waals surface area contributed by atoms with Crippen molar-refractivity contribution in [3.63, 3.8) is 0 Å². The summed E-state index contributed by atoms with van der Waals surface area (Å²) >= 11 is 0. The SMILES string of the molecule is CCC1CCCCC1Oc1ccc(S(=O)(=O)Cl)c(C)c1C. The first-order valence-corrected chi connectivity index (χ1v) is 9.87. The van der Waals surface area contributed by atoms with E-state index in [9.17, 15) is 8.42 Å². The van der Waals surface area contributed by atoms with Gasteiger partial charge in [0.1, 0.15) is 11.9 Å². The Morgan fingerprint density at radius 3 is 2.48 bits per heavy atom. The molecule has 0 aliphatic heterocycles. The quantitative estimate of drug-likeness (QED) is 0.759. The van der Waals surface area contributed by atoms with Gasteiger partial charge in [-0.3, -0.25) is 0 Å². The van der Waals surface area contributed by atoms with Gasteiger partial charge in [-0.15, -0.1) is 0 Å². The van der Waals surface area contributed by atoms with Gasteiger partial charge in [0, 0.05) is 10.7 Å². The van der Waals surface area contributed by atoms with E-state index >= 15 is 0 Å². The van der Waals surface area contributed by atoms with Crippen LogP contribution in [0.1, 0.15) is 50.2 Å². The van der Waals surface area contributed by atoms with Crippen molar-refractivity contribution in [2.45, 2.75) is 63.9 Å². The Labute approximate surface area is 132 Å². The third-order valence-electron chi connectivity index (χ3n) is 4.59. The van der Waals surface area contributed by atoms with Crippen LogP contribution in [0.25, 0.3) is 0 Å². The zero-order valence-electron chi connectivity index (χ0n) is 12.9. The topological polar surface area (TPSA) is 43.4 Å². The zero-order chi connectivity index (χ0) is 15.6. The molecule has 2 unspecified atom stereocenters. The molecule has 0 bridgehead atoms. The summed E-state index contributed by atoms with van der Waals surface area (Å²) in [6.45, 7) is 5.86. The molecule has 1 aromatic rings. The summed E-state index contributed by atoms with van der Waals surface area (Å²) in [7, 11) is 1.75. The minimum absolute atomic E-state index is 0.171. The van der Waals surface area contributed by atoms with Gasteiger partial charge in [0.25, 0.3) is 9.05 Å². The van der Waals surface area contributed by atoms with Crippen molar-refractivity contribution in [3.05, 3.63) is 23.3 Å². The van der Waals surface area contributed by atoms with Crippen LogP contribution in [0.5, 0.6) is 5.75 Å². The maximum atomic E-state index is 11.5. The highest BCUT2D eigenvalue weighted by Crippen LogP contribution is 2.34. The number of hydrogen-bond acceptors (Lipinski definition) is 3. The summed E-state index contributed by atoms with van der Waals surface area (Å²) < 4.78 is 29.3. The highest BCUT2D eigenvalue weighted by atomic mass is 35.7. The number of ether oxygens (including phenoxy) is 1. The molecule has 1 aromatic carbocycles. The van der Waals surface area contributed by atoms with E-state index in [4.69, 9.17) is 15.4 Å². The van der Waals surface area contributed by atoms with E-state index in [2.05, 4.69) is 6.92 Å². The Morgan fingerprint density at radius 2 is 1.86 bits per heavy atom. The van der Waals surface area contributed by atoms with Gasteiger partial charge in [-0.2, -0.15) is 0 Å². The third-order valence-corrected chi connectivity index (χ3v) is 6.06. The Hall–Kier alpha value is -0.740. The van der Waals surface area contributed by atoms with Crippen molar-refractivity contribution < 1.29 is 13.2 Å². The highest BCUT2D eigenvalue weighted by Gasteiger charge is 2.26. The van der Waals surface area contributed by atoms with Gasteiger partial charge in [0.2, 0.25) is 0 Å². The van der Waals surface area contributed by atoms with Crippen molar-refractivity contribution in [3.8, 4) is 5.75 Å². The fraction of sp³-hybridized carbons (Fsp3) is 0.625. The molecule has 1 saturated carbocycles. The van der Waals surface area contributed by atoms with E-state index in [1.807, 2.05) is 6.92 Å². The first-order valence-electron chi connectivity index (χ1n) is 7.56. The lowest BCUT2D eigenvalue weighted by Gasteiger charge is -2.32. The van der Waals surface area contributed by atoms with Gasteiger partial charge < -0.3 is 4.74 Å². The molecule has 0 N–H and O–H groups in total. The van der Waals surface area contributed by atoms with E-state index in [0.29, 0.717) is 11.5 Å². The van der Waals surface area contributed by atoms with Crippen LogP contribution in [0.4, 0.5) is 0 Å². The van der Waals surface area contributed by atoms with Crippen LogP contribution in [-0.2, 0) is 9.05 Å². The van der Waals surface area contributed by atoms with E-state index in [-0.39, 0.29) is 11.0 Å². The molecule has 3 nitrogen and oxygen atoms in total. The lowest BCUT2D eigenvalue weighted by atomic mass is 9.84. The van der Waals surface area contributed by atoms with Crippen molar-refractivity contribution in [2.24, 2.45) is 5.92 Å². The summed E-state index contributed by atoms with van der Waals surface area (Å²) in [5.74, 6) is 1.37. The van der Waals surface area contributed by atoms with Crippen molar-refractivity contribution in [1.29, 1.82) is 0 Å². The summed E-state index contributed by atoms with van der Waals surface area (Å²) in [5.41, 5.74) is 1.53. The predicted molar refractivity (Wildman–Crippen MR) is 85.6 cm³/mol. The smallest absolute Gasteiger partial charge is 0.261 e. The first-order chi connectivity index (χ1) is 9.84. The van der Waals surface area contributed by atoms with Gasteiger partial charge in [0.05, 0.1) is 4.90 Å². The van der Waals surface area contributed by atoms with Crippen LogP contribution >= 0.6 is 10.7 Å². The van der Waals surface area contributed by atoms with Crippen LogP contribution in [-0.4, -0.2) is 14.5 Å². The summed E-state index contributed by atoms with van der Waals surface area (Å²) in [5, 5.41) is 0. The lowest BCUT2D eigenvalue weighted by Crippen LogP contribution is -2.30. The molecule has 2 atom stereocenters. The van der Waals surface area contributed by atoms with E-state index in [1.165, 1.54) is 19.3 Å². The second-order valence-corrected chi connectivity index (χ2v) is 8.39. The molecule has 2 rings (SSSR count). The van der Waals surface area contributed by atoms with Gasteiger partial charge in [-0.05, 0) is 68.7 Å². The predicted octanol–water partition coefficient (Wildman–Crippen LogP) is 4.58. The van der Waals surface area contributed by atoms with E-state index in [1.54, 1.807) is 19.1 Å². The zero-order valence-corrected chi connectivity index (χ0v) is 14.4. The largest absolute Gasteiger partial charge is 0.490 e. The normalized spacial score (nSPS) is 23.0. The second-order valence-electron chi connectivity index (χ2n) is 5.86. The van der Waals surface area contributed by atoms with Crippen molar-refractivity contribution >= 4 is 19.7 Å². The molecule has 0 amide bonds. The van der Waals surface area contributed by atoms with Gasteiger partial charge in [0.15, 0.2) is 0 Å². The van der Waals surface area contributed by atoms with Crippen LogP contribution in [0, 0.1) is 19.8 Å². The number of benzene rings is 1. The average molecular weight is 331 g/mol. The van der Waals surface area contributed by atoms with E-state index in [0.717, 1.165) is 24.2 Å². The molecular weight excluding hydrogens is 308 g/mol. The van der Waals surface area contributed by atoms with Gasteiger partial charge in [-0.1, -0.05) is 13.3 Å². The Balaban J connectivity index is 2.27. The number of rotatable bonds is 4. The molecule has 1 fully saturated rings. The Kier molecular flexibility index (Phi) is 5.20. The van der Waals surface area contributed by atoms with Crippen LogP contribution < -0.4 is 4.74 Å². The number of halogens is 1. The summed E-state index contributed by atoms with van der Waals surface area (Å²) in [6.07, 6.45) is 6.13. The molecule has 1 aliphatic carbocycles. The second kappa shape index (κ2) is 6.57. The fourth-order valence-electron chi connectivity index (χ4n) is 3.12. The number of hydrogen-bond donors (Lipinski definition) is 0. The van der Waals surface area contributed by atoms with Gasteiger partial charge >= 0.3 is 0 Å². The minimum atomic E-state index is -3.70. The van der Waals surface area contributed by atoms with Crippen LogP contribution in [0.3, 0.4) is 0 Å². The maximum absolute atomic E-state index is 11.5. The molecule has 0 aromatic heterocycles. The lowest BCUT2D eigenvalue weighted by molar-refractivity contribution is 0.0896. The Morgan fingerprint density at radius 1 is 1.19 bits per heavy atom. The standard InChI is InChI=1S/C16H23ClO3S/c1-4-13-7-5-6-8-15(13)20-14-9-10-16(21(17,18)19)12(3)11(14)2/h9-10,13,15H,4-8H2,1-3H3. The van der Waals surface area contributed by atoms with Crippen LogP contribution in [0.2, 0.25) is 0 Å². The van der Waals surface area contributed by atoms with E-state index < -0.39 is 9.05 Å². The molecule has 0 radical (unpaired) electrons. The van der Waals surface area contributed by atoms with Crippen molar-refractivity contribution in [1.82, 2.24) is 0 Å². The molecule has 0 heterocycles. The van der Waals surface area contributed by atoms with Crippen LogP contribution in [0.15, 0.2) is 17.0 Å². The maximum Gasteiger partial charge on any atom is 0.261 e. The Bertz CT molecular complexity index is 610. The first kappa shape index (κ1) is 16.6. The molecule has 21 heavy (non-hydrogen) atoms. The average Bonchev–Trinajstić information content (AvgIpc) is 2.43. The molecule has 0 spiro atoms. The highest BCUT2D eigenvalue weighted by molar-refractivity contribution is 8.13. The third kappa shape index (κ3) is 3.72. The molecular formula is C16H23ClO3S. The molecule has 1 aliphatic rings. The fourth-order valence-corrected chi connectivity index (χ4v) is 4.37.